The summed E-state index contributed by atoms with van der Waals surface area (Å²) in [4.78, 5) is 42.4. The molecule has 1 fully saturated rings. The van der Waals surface area contributed by atoms with E-state index in [-0.39, 0.29) is 23.9 Å². The molecule has 2 aromatic carbocycles. The molecule has 0 bridgehead atoms. The summed E-state index contributed by atoms with van der Waals surface area (Å²) in [7, 11) is 0. The number of ether oxygens (including phenoxy) is 1. The number of ketones is 2. The van der Waals surface area contributed by atoms with Crippen molar-refractivity contribution in [3.63, 3.8) is 0 Å². The molecule has 1 aliphatic heterocycles. The number of carbonyl (C=O) groups is 3. The van der Waals surface area contributed by atoms with Crippen LogP contribution in [-0.4, -0.2) is 43.2 Å². The number of hydrogen-bond donors (Lipinski definition) is 0. The summed E-state index contributed by atoms with van der Waals surface area (Å²) < 4.78 is 7.82. The van der Waals surface area contributed by atoms with Crippen LogP contribution in [-0.2, 0) is 29.3 Å². The Balaban J connectivity index is 1.27. The number of benzene rings is 2. The summed E-state index contributed by atoms with van der Waals surface area (Å²) >= 11 is 0. The highest BCUT2D eigenvalue weighted by atomic mass is 16.5. The minimum atomic E-state index is -0.530. The molecule has 5 rings (SSSR count). The number of rotatable bonds is 6. The normalized spacial score (nSPS) is 18.2. The second kappa shape index (κ2) is 8.37. The average molecular weight is 430 g/mol. The van der Waals surface area contributed by atoms with Crippen LogP contribution in [0.25, 0.3) is 0 Å². The summed E-state index contributed by atoms with van der Waals surface area (Å²) in [6.07, 6.45) is 3.84. The molecule has 0 N–H and O–H groups in total. The fraction of sp³-hybridized carbons (Fsp3) is 0.292. The highest BCUT2D eigenvalue weighted by Crippen LogP contribution is 2.34. The molecule has 1 saturated carbocycles. The third-order valence-corrected chi connectivity index (χ3v) is 6.00. The minimum Gasteiger partial charge on any atom is -0.489 e. The van der Waals surface area contributed by atoms with Gasteiger partial charge < -0.3 is 9.64 Å². The maximum atomic E-state index is 12.9. The summed E-state index contributed by atoms with van der Waals surface area (Å²) in [5.41, 5.74) is 3.48. The first-order valence-corrected chi connectivity index (χ1v) is 10.6. The molecule has 0 saturated heterocycles. The Kier molecular flexibility index (Phi) is 5.26. The molecule has 162 valence electrons. The van der Waals surface area contributed by atoms with Crippen molar-refractivity contribution in [3.05, 3.63) is 77.4 Å². The van der Waals surface area contributed by atoms with Crippen molar-refractivity contribution >= 4 is 17.5 Å². The molecule has 3 aromatic rings. The lowest BCUT2D eigenvalue weighted by molar-refractivity contribution is -0.133. The van der Waals surface area contributed by atoms with Crippen molar-refractivity contribution < 1.29 is 19.1 Å². The van der Waals surface area contributed by atoms with Gasteiger partial charge >= 0.3 is 0 Å². The van der Waals surface area contributed by atoms with Gasteiger partial charge in [0.2, 0.25) is 0 Å². The van der Waals surface area contributed by atoms with Crippen LogP contribution in [0.2, 0.25) is 0 Å². The molecule has 32 heavy (non-hydrogen) atoms. The first-order chi connectivity index (χ1) is 15.6. The molecule has 1 aromatic heterocycles. The molecule has 0 spiro atoms. The SMILES string of the molecule is O=C1CCC(N2Cc3c(OCc4ccc(Cn5cncn5)cc4)cccc3C2=O)C(=O)C1. The van der Waals surface area contributed by atoms with Crippen LogP contribution in [0.15, 0.2) is 55.1 Å². The van der Waals surface area contributed by atoms with Gasteiger partial charge in [-0.05, 0) is 29.7 Å². The number of hydrogen-bond acceptors (Lipinski definition) is 6. The molecule has 8 nitrogen and oxygen atoms in total. The van der Waals surface area contributed by atoms with E-state index in [1.54, 1.807) is 28.0 Å². The van der Waals surface area contributed by atoms with E-state index in [9.17, 15) is 14.4 Å². The molecule has 8 heteroatoms. The number of fused-ring (bicyclic) bond motifs is 1. The Morgan fingerprint density at radius 2 is 1.84 bits per heavy atom. The van der Waals surface area contributed by atoms with Gasteiger partial charge in [-0.25, -0.2) is 9.67 Å². The lowest BCUT2D eigenvalue weighted by Gasteiger charge is -2.29. The van der Waals surface area contributed by atoms with Gasteiger partial charge in [0.05, 0.1) is 25.6 Å². The first kappa shape index (κ1) is 20.1. The highest BCUT2D eigenvalue weighted by Gasteiger charge is 2.39. The Bertz CT molecular complexity index is 1170. The van der Waals surface area contributed by atoms with Crippen molar-refractivity contribution in [2.45, 2.75) is 45.0 Å². The van der Waals surface area contributed by atoms with Gasteiger partial charge in [0.15, 0.2) is 5.78 Å². The number of amides is 1. The first-order valence-electron chi connectivity index (χ1n) is 10.6. The molecule has 2 heterocycles. The minimum absolute atomic E-state index is 0.0493. The zero-order valence-corrected chi connectivity index (χ0v) is 17.4. The zero-order valence-electron chi connectivity index (χ0n) is 17.4. The second-order valence-electron chi connectivity index (χ2n) is 8.15. The Morgan fingerprint density at radius 1 is 1.03 bits per heavy atom. The largest absolute Gasteiger partial charge is 0.489 e. The maximum Gasteiger partial charge on any atom is 0.255 e. The maximum absolute atomic E-state index is 12.9. The second-order valence-corrected chi connectivity index (χ2v) is 8.15. The van der Waals surface area contributed by atoms with Crippen molar-refractivity contribution in [2.75, 3.05) is 0 Å². The molecular weight excluding hydrogens is 408 g/mol. The monoisotopic (exact) mass is 430 g/mol. The van der Waals surface area contributed by atoms with E-state index in [1.165, 1.54) is 6.33 Å². The van der Waals surface area contributed by atoms with Gasteiger partial charge in [-0.15, -0.1) is 0 Å². The smallest absolute Gasteiger partial charge is 0.255 e. The highest BCUT2D eigenvalue weighted by molar-refractivity contribution is 6.07. The van der Waals surface area contributed by atoms with Crippen LogP contribution in [0.4, 0.5) is 0 Å². The van der Waals surface area contributed by atoms with E-state index in [4.69, 9.17) is 4.74 Å². The Labute approximate surface area is 184 Å². The van der Waals surface area contributed by atoms with Crippen molar-refractivity contribution in [3.8, 4) is 5.75 Å². The van der Waals surface area contributed by atoms with Crippen LogP contribution in [0.3, 0.4) is 0 Å². The van der Waals surface area contributed by atoms with Crippen molar-refractivity contribution in [2.24, 2.45) is 0 Å². The molecular formula is C24H22N4O4. The van der Waals surface area contributed by atoms with E-state index in [2.05, 4.69) is 10.1 Å². The van der Waals surface area contributed by atoms with Gasteiger partial charge in [-0.3, -0.25) is 14.4 Å². The van der Waals surface area contributed by atoms with E-state index in [0.717, 1.165) is 16.7 Å². The zero-order chi connectivity index (χ0) is 22.1. The average Bonchev–Trinajstić information content (AvgIpc) is 3.42. The van der Waals surface area contributed by atoms with Crippen molar-refractivity contribution in [1.29, 1.82) is 0 Å². The van der Waals surface area contributed by atoms with Crippen LogP contribution < -0.4 is 4.74 Å². The van der Waals surface area contributed by atoms with Crippen LogP contribution in [0, 0.1) is 0 Å². The van der Waals surface area contributed by atoms with E-state index < -0.39 is 6.04 Å². The topological polar surface area (TPSA) is 94.4 Å². The molecule has 1 aliphatic carbocycles. The lowest BCUT2D eigenvalue weighted by Crippen LogP contribution is -2.44. The standard InChI is InChI=1S/C24H22N4O4/c29-18-8-9-21(22(30)10-18)28-12-20-19(24(28)31)2-1-3-23(20)32-13-17-6-4-16(5-7-17)11-27-15-25-14-26-27/h1-7,14-15,21H,8-13H2. The molecule has 1 atom stereocenters. The van der Waals surface area contributed by atoms with Gasteiger partial charge in [-0.1, -0.05) is 30.3 Å². The number of nitrogens with zero attached hydrogens (tertiary/aromatic N) is 4. The third-order valence-electron chi connectivity index (χ3n) is 6.00. The van der Waals surface area contributed by atoms with Crippen LogP contribution in [0.1, 0.15) is 46.3 Å². The predicted molar refractivity (Wildman–Crippen MR) is 114 cm³/mol. The van der Waals surface area contributed by atoms with Gasteiger partial charge in [0.25, 0.3) is 5.91 Å². The van der Waals surface area contributed by atoms with Gasteiger partial charge in [0.1, 0.15) is 30.8 Å². The quantitative estimate of drug-likeness (QED) is 0.558. The summed E-state index contributed by atoms with van der Waals surface area (Å²) in [6, 6.07) is 12.9. The van der Waals surface area contributed by atoms with Gasteiger partial charge in [-0.2, -0.15) is 5.10 Å². The lowest BCUT2D eigenvalue weighted by atomic mass is 9.92. The number of aromatic nitrogens is 3. The van der Waals surface area contributed by atoms with E-state index in [0.29, 0.717) is 43.9 Å². The molecule has 1 amide bonds. The third kappa shape index (κ3) is 3.91. The number of Topliss-reactive ketones (excluding diaryl/α,β-unsaturated/α-hetero) is 2. The Morgan fingerprint density at radius 3 is 2.59 bits per heavy atom. The molecule has 1 unspecified atom stereocenters. The van der Waals surface area contributed by atoms with E-state index >= 15 is 0 Å². The summed E-state index contributed by atoms with van der Waals surface area (Å²) in [5, 5.41) is 4.11. The molecule has 0 radical (unpaired) electrons. The van der Waals surface area contributed by atoms with Crippen LogP contribution in [0.5, 0.6) is 5.75 Å². The summed E-state index contributed by atoms with van der Waals surface area (Å²) in [5.74, 6) is 0.252. The molecule has 2 aliphatic rings. The van der Waals surface area contributed by atoms with Crippen LogP contribution >= 0.6 is 0 Å². The summed E-state index contributed by atoms with van der Waals surface area (Å²) in [6.45, 7) is 1.34. The van der Waals surface area contributed by atoms with Gasteiger partial charge in [0, 0.05) is 17.5 Å². The van der Waals surface area contributed by atoms with Crippen molar-refractivity contribution in [1.82, 2.24) is 19.7 Å². The fourth-order valence-corrected chi connectivity index (χ4v) is 4.31. The predicted octanol–water partition coefficient (Wildman–Crippen LogP) is 2.55. The van der Waals surface area contributed by atoms with E-state index in [1.807, 2.05) is 30.3 Å². The number of carbonyl (C=O) groups excluding carboxylic acids is 3. The fourth-order valence-electron chi connectivity index (χ4n) is 4.31. The Hall–Kier alpha value is -3.81.